The monoisotopic (exact) mass is 419 g/mol. The summed E-state index contributed by atoms with van der Waals surface area (Å²) in [4.78, 5) is 17.1. The third-order valence-corrected chi connectivity index (χ3v) is 9.68. The largest absolute Gasteiger partial charge is 0.497 e. The molecule has 0 fully saturated rings. The van der Waals surface area contributed by atoms with Crippen LogP contribution >= 0.6 is 0 Å². The second-order valence-corrected chi connectivity index (χ2v) is 13.2. The van der Waals surface area contributed by atoms with E-state index in [2.05, 4.69) is 45.2 Å². The molecular formula is C21H33N3O4Si. The van der Waals surface area contributed by atoms with Crippen LogP contribution in [0.15, 0.2) is 30.4 Å². The standard InChI is InChI=1S/C21H33N3O4Si/c1-15(14-28-29(8,9)21(3,4)5)13-24(16(2)25)20(23-22)18-11-10-17(26-6)12-19(18)27-7/h10-12H,1,13-14H2,2-9H3. The Balaban J connectivity index is 3.09. The second kappa shape index (κ2) is 9.87. The topological polar surface area (TPSA) is 84.4 Å². The molecule has 1 amide bonds. The summed E-state index contributed by atoms with van der Waals surface area (Å²) < 4.78 is 16.8. The number of rotatable bonds is 8. The van der Waals surface area contributed by atoms with Crippen molar-refractivity contribution in [1.29, 1.82) is 0 Å². The first-order valence-electron chi connectivity index (χ1n) is 9.41. The lowest BCUT2D eigenvalue weighted by Crippen LogP contribution is -2.42. The van der Waals surface area contributed by atoms with Crippen molar-refractivity contribution in [3.05, 3.63) is 41.4 Å². The Morgan fingerprint density at radius 2 is 1.86 bits per heavy atom. The van der Waals surface area contributed by atoms with Gasteiger partial charge in [0.2, 0.25) is 0 Å². The number of amides is 1. The van der Waals surface area contributed by atoms with Gasteiger partial charge in [-0.05, 0) is 35.8 Å². The molecule has 0 aliphatic heterocycles. The van der Waals surface area contributed by atoms with Crippen molar-refractivity contribution in [1.82, 2.24) is 4.90 Å². The molecule has 0 saturated heterocycles. The summed E-state index contributed by atoms with van der Waals surface area (Å²) in [5.74, 6) is 0.797. The van der Waals surface area contributed by atoms with Gasteiger partial charge in [-0.3, -0.25) is 0 Å². The van der Waals surface area contributed by atoms with E-state index in [0.29, 0.717) is 29.2 Å². The molecule has 1 aromatic rings. The van der Waals surface area contributed by atoms with Crippen molar-refractivity contribution in [3.8, 4) is 11.5 Å². The fraction of sp³-hybridized carbons (Fsp3) is 0.524. The smallest absolute Gasteiger partial charge is 0.373 e. The van der Waals surface area contributed by atoms with Gasteiger partial charge < -0.3 is 24.2 Å². The summed E-state index contributed by atoms with van der Waals surface area (Å²) in [6, 6.07) is 5.04. The predicted octanol–water partition coefficient (Wildman–Crippen LogP) is 4.11. The highest BCUT2D eigenvalue weighted by molar-refractivity contribution is 6.74. The summed E-state index contributed by atoms with van der Waals surface area (Å²) in [7, 11) is 1.09. The average Bonchev–Trinajstić information content (AvgIpc) is 2.65. The Labute approximate surface area is 175 Å². The molecule has 0 aromatic heterocycles. The maximum absolute atomic E-state index is 12.3. The number of carbonyl (C=O) groups excluding carboxylic acids is 1. The summed E-state index contributed by atoms with van der Waals surface area (Å²) >= 11 is 0. The molecule has 8 heteroatoms. The van der Waals surface area contributed by atoms with Gasteiger partial charge in [-0.15, -0.1) is 0 Å². The van der Waals surface area contributed by atoms with Crippen LogP contribution in [0.4, 0.5) is 0 Å². The first-order chi connectivity index (χ1) is 13.4. The van der Waals surface area contributed by atoms with E-state index in [1.54, 1.807) is 25.3 Å². The Hall–Kier alpha value is -2.41. The van der Waals surface area contributed by atoms with Gasteiger partial charge in [0, 0.05) is 13.0 Å². The molecule has 1 aromatic carbocycles. The average molecular weight is 420 g/mol. The van der Waals surface area contributed by atoms with E-state index in [-0.39, 0.29) is 23.3 Å². The molecule has 1 rings (SSSR count). The lowest BCUT2D eigenvalue weighted by atomic mass is 10.1. The maximum Gasteiger partial charge on any atom is 0.373 e. The normalized spacial score (nSPS) is 11.4. The number of ether oxygens (including phenoxy) is 2. The lowest BCUT2D eigenvalue weighted by molar-refractivity contribution is -0.127. The molecule has 0 spiro atoms. The van der Waals surface area contributed by atoms with Crippen LogP contribution in [-0.4, -0.2) is 57.1 Å². The number of hydrogen-bond donors (Lipinski definition) is 0. The fourth-order valence-corrected chi connectivity index (χ4v) is 3.34. The van der Waals surface area contributed by atoms with Gasteiger partial charge in [-0.2, -0.15) is 4.90 Å². The Kier molecular flexibility index (Phi) is 8.38. The van der Waals surface area contributed by atoms with Crippen molar-refractivity contribution < 1.29 is 23.5 Å². The van der Waals surface area contributed by atoms with Gasteiger partial charge in [0.25, 0.3) is 0 Å². The number of hydrogen-bond acceptors (Lipinski definition) is 4. The summed E-state index contributed by atoms with van der Waals surface area (Å²) in [6.45, 7) is 16.8. The van der Waals surface area contributed by atoms with Crippen LogP contribution < -0.4 is 9.47 Å². The molecule has 0 saturated carbocycles. The minimum absolute atomic E-state index is 0.0712. The van der Waals surface area contributed by atoms with Crippen LogP contribution in [0.2, 0.25) is 18.1 Å². The molecule has 0 unspecified atom stereocenters. The summed E-state index contributed by atoms with van der Waals surface area (Å²) in [5, 5.41) is 0.0712. The zero-order valence-electron chi connectivity index (χ0n) is 18.8. The van der Waals surface area contributed by atoms with Crippen LogP contribution in [0.1, 0.15) is 33.3 Å². The van der Waals surface area contributed by atoms with Gasteiger partial charge in [0.15, 0.2) is 8.32 Å². The minimum Gasteiger partial charge on any atom is -0.497 e. The molecule has 0 aliphatic rings. The molecule has 0 atom stereocenters. The predicted molar refractivity (Wildman–Crippen MR) is 117 cm³/mol. The van der Waals surface area contributed by atoms with Gasteiger partial charge in [0.1, 0.15) is 23.6 Å². The maximum atomic E-state index is 12.3. The number of carbonyl (C=O) groups is 1. The van der Waals surface area contributed by atoms with Gasteiger partial charge >= 0.3 is 11.7 Å². The lowest BCUT2D eigenvalue weighted by Gasteiger charge is -2.36. The van der Waals surface area contributed by atoms with Crippen LogP contribution in [0, 0.1) is 0 Å². The zero-order valence-corrected chi connectivity index (χ0v) is 19.8. The summed E-state index contributed by atoms with van der Waals surface area (Å²) in [5.41, 5.74) is 10.8. The van der Waals surface area contributed by atoms with E-state index in [0.717, 1.165) is 0 Å². The molecule has 0 radical (unpaired) electrons. The highest BCUT2D eigenvalue weighted by atomic mass is 28.4. The Morgan fingerprint density at radius 3 is 2.31 bits per heavy atom. The fourth-order valence-electron chi connectivity index (χ4n) is 2.34. The quantitative estimate of drug-likeness (QED) is 0.158. The SMILES string of the molecule is C=C(CO[Si](C)(C)C(C)(C)C)CN(C(C)=O)C(=[N+]=[N-])c1ccc(OC)cc1OC. The van der Waals surface area contributed by atoms with Gasteiger partial charge in [-0.25, -0.2) is 4.79 Å². The third kappa shape index (κ3) is 6.29. The molecule has 0 bridgehead atoms. The highest BCUT2D eigenvalue weighted by Crippen LogP contribution is 2.36. The third-order valence-electron chi connectivity index (χ3n) is 5.21. The van der Waals surface area contributed by atoms with Crippen molar-refractivity contribution in [2.75, 3.05) is 27.4 Å². The minimum atomic E-state index is -1.95. The van der Waals surface area contributed by atoms with Crippen molar-refractivity contribution in [2.45, 2.75) is 45.8 Å². The Bertz CT molecular complexity index is 809. The van der Waals surface area contributed by atoms with Gasteiger partial charge in [0.05, 0.1) is 20.8 Å². The molecule has 7 nitrogen and oxygen atoms in total. The van der Waals surface area contributed by atoms with Gasteiger partial charge in [-0.1, -0.05) is 27.4 Å². The number of benzene rings is 1. The zero-order chi connectivity index (χ0) is 22.4. The van der Waals surface area contributed by atoms with E-state index < -0.39 is 8.32 Å². The van der Waals surface area contributed by atoms with E-state index in [1.165, 1.54) is 18.9 Å². The number of nitrogens with zero attached hydrogens (tertiary/aromatic N) is 3. The summed E-state index contributed by atoms with van der Waals surface area (Å²) in [6.07, 6.45) is 0. The second-order valence-electron chi connectivity index (χ2n) is 8.39. The molecule has 29 heavy (non-hydrogen) atoms. The van der Waals surface area contributed by atoms with Crippen LogP contribution in [0.25, 0.3) is 5.53 Å². The van der Waals surface area contributed by atoms with E-state index in [9.17, 15) is 10.3 Å². The first kappa shape index (κ1) is 24.6. The molecule has 0 heterocycles. The van der Waals surface area contributed by atoms with Crippen LogP contribution in [0.3, 0.4) is 0 Å². The molecule has 160 valence electrons. The van der Waals surface area contributed by atoms with Crippen LogP contribution in [0.5, 0.6) is 11.5 Å². The number of amidine groups is 1. The van der Waals surface area contributed by atoms with Crippen molar-refractivity contribution >= 4 is 20.1 Å². The van der Waals surface area contributed by atoms with Crippen LogP contribution in [-0.2, 0) is 9.22 Å². The molecular weight excluding hydrogens is 386 g/mol. The van der Waals surface area contributed by atoms with E-state index >= 15 is 0 Å². The van der Waals surface area contributed by atoms with Crippen molar-refractivity contribution in [3.63, 3.8) is 0 Å². The Morgan fingerprint density at radius 1 is 1.24 bits per heavy atom. The van der Waals surface area contributed by atoms with Crippen molar-refractivity contribution in [2.24, 2.45) is 0 Å². The van der Waals surface area contributed by atoms with E-state index in [4.69, 9.17) is 13.9 Å². The highest BCUT2D eigenvalue weighted by Gasteiger charge is 2.37. The number of methoxy groups -OCH3 is 2. The first-order valence-corrected chi connectivity index (χ1v) is 12.3. The molecule has 0 N–H and O–H groups in total. The van der Waals surface area contributed by atoms with E-state index in [1.807, 2.05) is 0 Å². The molecule has 0 aliphatic carbocycles.